The SMILES string of the molecule is O=C(CCC(=O)OCCCCCC(=O)OCc1ccccc1)CNC(=O)OCc1ccccc1.O=C(CCCCCBr)OCc1ccccc1.O=C(O)CCCCCBr.O=C([O-])CCC(=O)CNC(=O)OCc1ccccc1.OCc1ccccc1.[Cl-].[Cs+].[NH3+]CC(=O)CCC(=O)OCCCCCC(=O)O. The number of alkyl halides is 2. The second-order valence-electron chi connectivity index (χ2n) is 22.4. The van der Waals surface area contributed by atoms with Gasteiger partial charge in [-0.15, -0.1) is 0 Å². The predicted octanol–water partition coefficient (Wildman–Crippen LogP) is 4.79. The van der Waals surface area contributed by atoms with Crippen molar-refractivity contribution in [2.75, 3.05) is 43.5 Å². The van der Waals surface area contributed by atoms with Crippen molar-refractivity contribution in [2.45, 2.75) is 174 Å². The van der Waals surface area contributed by atoms with E-state index in [1.54, 1.807) is 12.1 Å². The normalized spacial score (nSPS) is 9.71. The molecule has 0 atom stereocenters. The van der Waals surface area contributed by atoms with Crippen LogP contribution in [0.4, 0.5) is 9.59 Å². The molecule has 0 heterocycles. The Bertz CT molecular complexity index is 3130. The molecule has 574 valence electrons. The summed E-state index contributed by atoms with van der Waals surface area (Å²) < 4.78 is 30.2. The number of esters is 4. The summed E-state index contributed by atoms with van der Waals surface area (Å²) in [5.41, 5.74) is 8.05. The van der Waals surface area contributed by atoms with Crippen molar-refractivity contribution in [3.05, 3.63) is 179 Å². The fourth-order valence-electron chi connectivity index (χ4n) is 7.83. The van der Waals surface area contributed by atoms with Gasteiger partial charge in [0.15, 0.2) is 17.3 Å². The summed E-state index contributed by atoms with van der Waals surface area (Å²) in [6.07, 6.45) is 9.55. The Morgan fingerprint density at radius 1 is 0.352 bits per heavy atom. The molecule has 5 aromatic carbocycles. The summed E-state index contributed by atoms with van der Waals surface area (Å²) in [4.78, 5) is 133. The number of aliphatic hydroxyl groups excluding tert-OH is 1. The second kappa shape index (κ2) is 72.7. The number of alkyl carbamates (subject to hydrolysis) is 2. The van der Waals surface area contributed by atoms with Gasteiger partial charge in [0.25, 0.3) is 0 Å². The van der Waals surface area contributed by atoms with Crippen molar-refractivity contribution in [2.24, 2.45) is 0 Å². The smallest absolute Gasteiger partial charge is 1.00 e. The molecule has 5 aromatic rings. The zero-order chi connectivity index (χ0) is 76.2. The molecule has 0 aromatic heterocycles. The van der Waals surface area contributed by atoms with Crippen LogP contribution in [0.5, 0.6) is 0 Å². The van der Waals surface area contributed by atoms with Gasteiger partial charge in [-0.1, -0.05) is 196 Å². The Kier molecular flexibility index (Phi) is 70.9. The number of nitrogens with one attached hydrogen (secondary N) is 2. The Hall–Kier alpha value is -6.84. The number of carboxylic acids is 3. The van der Waals surface area contributed by atoms with Gasteiger partial charge in [-0.3, -0.25) is 43.2 Å². The number of quaternary nitrogens is 1. The maximum Gasteiger partial charge on any atom is 1.00 e. The zero-order valence-corrected chi connectivity index (χ0v) is 70.1. The van der Waals surface area contributed by atoms with E-state index < -0.39 is 36.1 Å². The van der Waals surface area contributed by atoms with Gasteiger partial charge in [0, 0.05) is 61.6 Å². The van der Waals surface area contributed by atoms with Crippen molar-refractivity contribution in [3.8, 4) is 0 Å². The van der Waals surface area contributed by atoms with Crippen molar-refractivity contribution in [1.82, 2.24) is 10.6 Å². The van der Waals surface area contributed by atoms with Crippen LogP contribution in [0.25, 0.3) is 0 Å². The average Bonchev–Trinajstić information content (AvgIpc) is 1.12. The third kappa shape index (κ3) is 69.9. The summed E-state index contributed by atoms with van der Waals surface area (Å²) in [6.45, 7) is 1.28. The second-order valence-corrected chi connectivity index (χ2v) is 23.9. The van der Waals surface area contributed by atoms with Crippen LogP contribution in [0.3, 0.4) is 0 Å². The molecule has 0 aliphatic heterocycles. The quantitative estimate of drug-likeness (QED) is 0.0132. The van der Waals surface area contributed by atoms with Gasteiger partial charge in [-0.25, -0.2) is 9.59 Å². The fourth-order valence-corrected chi connectivity index (χ4v) is 8.62. The van der Waals surface area contributed by atoms with Gasteiger partial charge in [0.1, 0.15) is 33.0 Å². The number of hydrogen-bond donors (Lipinski definition) is 6. The van der Waals surface area contributed by atoms with E-state index in [0.29, 0.717) is 51.6 Å². The molecule has 0 spiro atoms. The van der Waals surface area contributed by atoms with Crippen LogP contribution in [0, 0.1) is 0 Å². The first-order valence-electron chi connectivity index (χ1n) is 34.0. The number of carbonyl (C=O) groups excluding carboxylic acids is 10. The minimum absolute atomic E-state index is 0. The van der Waals surface area contributed by atoms with E-state index in [2.05, 4.69) is 48.2 Å². The number of Topliss-reactive ketones (excluding diaryl/α,β-unsaturated/α-hetero) is 3. The van der Waals surface area contributed by atoms with Gasteiger partial charge in [-0.2, -0.15) is 0 Å². The number of aliphatic hydroxyl groups is 1. The van der Waals surface area contributed by atoms with Crippen LogP contribution < -0.4 is 103 Å². The molecule has 0 aliphatic rings. The van der Waals surface area contributed by atoms with E-state index in [1.165, 1.54) is 0 Å². The van der Waals surface area contributed by atoms with E-state index in [9.17, 15) is 62.6 Å². The summed E-state index contributed by atoms with van der Waals surface area (Å²) in [6, 6.07) is 47.0. The minimum atomic E-state index is -1.29. The number of unbranched alkanes of at least 4 members (excludes halogenated alkanes) is 8. The first kappa shape index (κ1) is 102. The molecule has 8 N–H and O–H groups in total. The van der Waals surface area contributed by atoms with E-state index in [4.69, 9.17) is 43.7 Å². The summed E-state index contributed by atoms with van der Waals surface area (Å²) in [5, 5.41) is 41.9. The molecule has 0 saturated heterocycles. The van der Waals surface area contributed by atoms with Crippen LogP contribution >= 0.6 is 31.9 Å². The molecule has 29 heteroatoms. The number of aliphatic carboxylic acids is 3. The summed E-state index contributed by atoms with van der Waals surface area (Å²) >= 11 is 6.63. The third-order valence-electron chi connectivity index (χ3n) is 13.5. The molecular weight excluding hydrogens is 1640 g/mol. The summed E-state index contributed by atoms with van der Waals surface area (Å²) in [7, 11) is 0. The minimum Gasteiger partial charge on any atom is -1.00 e. The molecule has 2 amide bonds. The molecule has 105 heavy (non-hydrogen) atoms. The number of carboxylic acid groups (broad SMARTS) is 3. The molecule has 0 radical (unpaired) electrons. The standard InChI is InChI=1S/C26H31NO7.C13H17BrO2.C13H15NO5.C11H19NO5.C7H8O.C6H11BrO2.ClH.Cs/c28-23(18-27-26(31)34-20-22-12-6-2-7-13-22)15-16-25(30)32-17-9-3-8-14-24(29)33-19-21-10-4-1-5-11-21;14-10-6-2-5-9-13(15)16-11-12-7-3-1-4-8-12;15-11(6-7-12(16)17)8-14-13(18)19-9-10-4-2-1-3-5-10;12-8-9(13)5-6-11(16)17-7-3-1-2-4-10(14)15;8-6-7-4-2-1-3-5-7;7-5-3-1-2-4-6(8)9;;/h1-2,4-7,10-13H,3,8-9,14-20H2,(H,27,31);1,3-4,7-8H,2,5-6,9-11H2;1-5H,6-9H2,(H,14,18)(H,16,17);1-8,12H2,(H,14,15);1-5,8H,6H2;1-5H2,(H,8,9);1H;/q;;;;;;;+1/p-1. The van der Waals surface area contributed by atoms with E-state index in [1.807, 2.05) is 140 Å². The molecule has 0 saturated carbocycles. The van der Waals surface area contributed by atoms with Gasteiger partial charge in [-0.05, 0) is 98.4 Å². The van der Waals surface area contributed by atoms with Crippen LogP contribution in [0.15, 0.2) is 152 Å². The third-order valence-corrected chi connectivity index (χ3v) is 14.6. The van der Waals surface area contributed by atoms with Crippen molar-refractivity contribution in [3.63, 3.8) is 0 Å². The number of ketones is 3. The van der Waals surface area contributed by atoms with Crippen molar-refractivity contribution in [1.29, 1.82) is 0 Å². The van der Waals surface area contributed by atoms with E-state index in [0.717, 1.165) is 89.8 Å². The topological polar surface area (TPSA) is 396 Å². The molecule has 25 nitrogen and oxygen atoms in total. The monoisotopic (exact) mass is 1730 g/mol. The first-order chi connectivity index (χ1) is 49.7. The number of halogens is 3. The predicted molar refractivity (Wildman–Crippen MR) is 388 cm³/mol. The zero-order valence-electron chi connectivity index (χ0n) is 59.9. The molecule has 0 fully saturated rings. The number of amides is 2. The fraction of sp³-hybridized carbons (Fsp3) is 0.447. The summed E-state index contributed by atoms with van der Waals surface area (Å²) in [5.74, 6) is -4.73. The number of carbonyl (C=O) groups is 12. The van der Waals surface area contributed by atoms with Gasteiger partial charge >= 0.3 is 117 Å². The largest absolute Gasteiger partial charge is 1.00 e. The Labute approximate surface area is 697 Å². The number of ether oxygens (including phenoxy) is 6. The maximum absolute atomic E-state index is 11.8. The van der Waals surface area contributed by atoms with E-state index in [-0.39, 0.29) is 221 Å². The van der Waals surface area contributed by atoms with Crippen LogP contribution in [-0.2, 0) is 109 Å². The molecule has 5 rings (SSSR count). The van der Waals surface area contributed by atoms with E-state index >= 15 is 0 Å². The van der Waals surface area contributed by atoms with Gasteiger partial charge in [0.2, 0.25) is 0 Å². The van der Waals surface area contributed by atoms with Crippen molar-refractivity contribution < 1.29 is 193 Å². The average molecular weight is 1740 g/mol. The number of rotatable bonds is 45. The van der Waals surface area contributed by atoms with Crippen LogP contribution in [0.1, 0.15) is 169 Å². The van der Waals surface area contributed by atoms with Gasteiger partial charge in [0.05, 0.1) is 45.8 Å². The molecule has 0 bridgehead atoms. The number of hydrogen-bond acceptors (Lipinski definition) is 20. The Balaban J connectivity index is -0.00000127. The van der Waals surface area contributed by atoms with Crippen LogP contribution in [-0.4, -0.2) is 130 Å². The Morgan fingerprint density at radius 2 is 0.638 bits per heavy atom. The number of benzene rings is 5. The molecular formula is C76H101Br2ClCsN3O22. The first-order valence-corrected chi connectivity index (χ1v) is 36.3. The van der Waals surface area contributed by atoms with Crippen LogP contribution in [0.2, 0.25) is 0 Å². The van der Waals surface area contributed by atoms with Gasteiger partial charge < -0.3 is 82.4 Å². The molecule has 0 unspecified atom stereocenters. The Morgan fingerprint density at radius 3 is 0.933 bits per heavy atom. The van der Waals surface area contributed by atoms with Crippen molar-refractivity contribution >= 4 is 103 Å². The maximum atomic E-state index is 11.8. The molecule has 0 aliphatic carbocycles.